The lowest BCUT2D eigenvalue weighted by molar-refractivity contribution is -0.155. The van der Waals surface area contributed by atoms with E-state index in [9.17, 15) is 4.79 Å². The van der Waals surface area contributed by atoms with Crippen molar-refractivity contribution in [3.8, 4) is 0 Å². The molecule has 1 N–H and O–H groups in total. The minimum Gasteiger partial charge on any atom is -0.465 e. The Morgan fingerprint density at radius 3 is 3.07 bits per heavy atom. The molecule has 2 aliphatic rings. The number of carbonyl (C=O) groups is 1. The van der Waals surface area contributed by atoms with Crippen molar-refractivity contribution < 1.29 is 9.53 Å². The molecule has 3 unspecified atom stereocenters. The predicted octanol–water partition coefficient (Wildman–Crippen LogP) is 0.233. The monoisotopic (exact) mass is 212 g/mol. The highest BCUT2D eigenvalue weighted by molar-refractivity contribution is 5.81. The van der Waals surface area contributed by atoms with Gasteiger partial charge in [0.2, 0.25) is 0 Å². The van der Waals surface area contributed by atoms with Crippen molar-refractivity contribution >= 4 is 5.97 Å². The third-order valence-electron chi connectivity index (χ3n) is 3.88. The van der Waals surface area contributed by atoms with Crippen molar-refractivity contribution in [1.82, 2.24) is 10.2 Å². The van der Waals surface area contributed by atoms with Crippen LogP contribution in [0.5, 0.6) is 0 Å². The average Bonchev–Trinajstić information content (AvgIpc) is 2.64. The zero-order valence-corrected chi connectivity index (χ0v) is 9.58. The molecule has 2 heterocycles. The van der Waals surface area contributed by atoms with Gasteiger partial charge in [0.15, 0.2) is 0 Å². The summed E-state index contributed by atoms with van der Waals surface area (Å²) in [5, 5.41) is 3.23. The molecule has 4 heteroatoms. The van der Waals surface area contributed by atoms with Gasteiger partial charge in [-0.25, -0.2) is 0 Å². The van der Waals surface area contributed by atoms with Crippen molar-refractivity contribution in [2.75, 3.05) is 33.3 Å². The number of ether oxygens (including phenoxy) is 1. The molecule has 15 heavy (non-hydrogen) atoms. The van der Waals surface area contributed by atoms with Gasteiger partial charge in [-0.05, 0) is 33.4 Å². The second-order valence-corrected chi connectivity index (χ2v) is 4.48. The summed E-state index contributed by atoms with van der Waals surface area (Å²) in [5.41, 5.74) is -0.414. The quantitative estimate of drug-likeness (QED) is 0.680. The molecule has 2 fully saturated rings. The number of nitrogens with zero attached hydrogens (tertiary/aromatic N) is 1. The number of nitrogens with one attached hydrogen (secondary N) is 1. The molecular weight excluding hydrogens is 192 g/mol. The van der Waals surface area contributed by atoms with Crippen LogP contribution >= 0.6 is 0 Å². The van der Waals surface area contributed by atoms with Gasteiger partial charge in [0.25, 0.3) is 0 Å². The van der Waals surface area contributed by atoms with Crippen LogP contribution in [0.2, 0.25) is 0 Å². The second kappa shape index (κ2) is 4.10. The molecule has 0 aromatic carbocycles. The van der Waals surface area contributed by atoms with Gasteiger partial charge >= 0.3 is 5.97 Å². The maximum absolute atomic E-state index is 12.0. The van der Waals surface area contributed by atoms with Gasteiger partial charge in [0, 0.05) is 19.0 Å². The van der Waals surface area contributed by atoms with Gasteiger partial charge in [-0.2, -0.15) is 0 Å². The van der Waals surface area contributed by atoms with Crippen LogP contribution in [0.3, 0.4) is 0 Å². The smallest absolute Gasteiger partial charge is 0.326 e. The van der Waals surface area contributed by atoms with Crippen molar-refractivity contribution in [3.63, 3.8) is 0 Å². The van der Waals surface area contributed by atoms with E-state index in [0.717, 1.165) is 32.5 Å². The Balaban J connectivity index is 2.16. The van der Waals surface area contributed by atoms with E-state index in [4.69, 9.17) is 4.74 Å². The number of fused-ring (bicyclic) bond motifs is 2. The summed E-state index contributed by atoms with van der Waals surface area (Å²) in [7, 11) is 1.88. The van der Waals surface area contributed by atoms with Crippen LogP contribution in [0.1, 0.15) is 19.8 Å². The van der Waals surface area contributed by atoms with E-state index >= 15 is 0 Å². The molecule has 0 saturated carbocycles. The summed E-state index contributed by atoms with van der Waals surface area (Å²) in [6.45, 7) is 5.52. The lowest BCUT2D eigenvalue weighted by atomic mass is 9.79. The lowest BCUT2D eigenvalue weighted by Gasteiger charge is -2.40. The summed E-state index contributed by atoms with van der Waals surface area (Å²) in [6, 6.07) is 0. The topological polar surface area (TPSA) is 41.6 Å². The van der Waals surface area contributed by atoms with Crippen molar-refractivity contribution in [2.24, 2.45) is 5.92 Å². The first-order chi connectivity index (χ1) is 7.23. The maximum Gasteiger partial charge on any atom is 0.326 e. The van der Waals surface area contributed by atoms with Gasteiger partial charge < -0.3 is 15.0 Å². The van der Waals surface area contributed by atoms with E-state index in [0.29, 0.717) is 12.5 Å². The zero-order chi connectivity index (χ0) is 10.9. The first-order valence-electron chi connectivity index (χ1n) is 5.81. The molecule has 3 atom stereocenters. The Morgan fingerprint density at radius 2 is 2.40 bits per heavy atom. The standard InChI is InChI=1S/C11H20N2O2/c1-3-15-10(14)11(12-2)5-7-13-6-4-9(11)8-13/h9,12H,3-8H2,1-2H3. The van der Waals surface area contributed by atoms with Crippen LogP contribution in [0, 0.1) is 5.92 Å². The first-order valence-corrected chi connectivity index (χ1v) is 5.81. The fraction of sp³-hybridized carbons (Fsp3) is 0.909. The highest BCUT2D eigenvalue weighted by Crippen LogP contribution is 2.36. The highest BCUT2D eigenvalue weighted by atomic mass is 16.5. The number of esters is 1. The highest BCUT2D eigenvalue weighted by Gasteiger charge is 2.51. The van der Waals surface area contributed by atoms with Crippen LogP contribution < -0.4 is 5.32 Å². The van der Waals surface area contributed by atoms with E-state index < -0.39 is 5.54 Å². The fourth-order valence-electron chi connectivity index (χ4n) is 2.94. The fourth-order valence-corrected chi connectivity index (χ4v) is 2.94. The molecule has 0 aliphatic carbocycles. The molecule has 0 radical (unpaired) electrons. The molecule has 2 aliphatic heterocycles. The molecule has 4 nitrogen and oxygen atoms in total. The van der Waals surface area contributed by atoms with Crippen LogP contribution in [-0.4, -0.2) is 49.7 Å². The van der Waals surface area contributed by atoms with Crippen molar-refractivity contribution in [2.45, 2.75) is 25.3 Å². The molecule has 0 aromatic heterocycles. The zero-order valence-electron chi connectivity index (χ0n) is 9.58. The summed E-state index contributed by atoms with van der Waals surface area (Å²) < 4.78 is 5.21. The van der Waals surface area contributed by atoms with Crippen LogP contribution in [0.25, 0.3) is 0 Å². The van der Waals surface area contributed by atoms with Gasteiger partial charge in [-0.3, -0.25) is 4.79 Å². The molecular formula is C11H20N2O2. The molecule has 0 aromatic rings. The largest absolute Gasteiger partial charge is 0.465 e. The molecule has 0 spiro atoms. The minimum atomic E-state index is -0.414. The minimum absolute atomic E-state index is 0.0564. The number of rotatable bonds is 3. The van der Waals surface area contributed by atoms with Gasteiger partial charge in [0.05, 0.1) is 6.61 Å². The third-order valence-corrected chi connectivity index (χ3v) is 3.88. The average molecular weight is 212 g/mol. The Morgan fingerprint density at radius 1 is 1.60 bits per heavy atom. The molecule has 2 rings (SSSR count). The number of piperidine rings is 1. The third kappa shape index (κ3) is 1.66. The summed E-state index contributed by atoms with van der Waals surface area (Å²) in [4.78, 5) is 14.5. The van der Waals surface area contributed by atoms with Crippen LogP contribution in [0.15, 0.2) is 0 Å². The Labute approximate surface area is 91.0 Å². The normalized spacial score (nSPS) is 39.1. The van der Waals surface area contributed by atoms with Crippen LogP contribution in [0.4, 0.5) is 0 Å². The molecule has 0 amide bonds. The molecule has 2 saturated heterocycles. The van der Waals surface area contributed by atoms with E-state index in [2.05, 4.69) is 10.2 Å². The SMILES string of the molecule is CCOC(=O)C1(NC)CCN2CCC1C2. The van der Waals surface area contributed by atoms with Crippen molar-refractivity contribution in [3.05, 3.63) is 0 Å². The summed E-state index contributed by atoms with van der Waals surface area (Å²) in [5.74, 6) is 0.370. The summed E-state index contributed by atoms with van der Waals surface area (Å²) >= 11 is 0. The van der Waals surface area contributed by atoms with Crippen molar-refractivity contribution in [1.29, 1.82) is 0 Å². The van der Waals surface area contributed by atoms with E-state index in [1.807, 2.05) is 14.0 Å². The van der Waals surface area contributed by atoms with Gasteiger partial charge in [0.1, 0.15) is 5.54 Å². The van der Waals surface area contributed by atoms with E-state index in [1.54, 1.807) is 0 Å². The van der Waals surface area contributed by atoms with Gasteiger partial charge in [-0.1, -0.05) is 0 Å². The van der Waals surface area contributed by atoms with E-state index in [1.165, 1.54) is 0 Å². The van der Waals surface area contributed by atoms with E-state index in [-0.39, 0.29) is 5.97 Å². The number of carbonyl (C=O) groups excluding carboxylic acids is 1. The van der Waals surface area contributed by atoms with Crippen LogP contribution in [-0.2, 0) is 9.53 Å². The number of likely N-dealkylation sites (N-methyl/N-ethyl adjacent to an activating group) is 1. The Hall–Kier alpha value is -0.610. The molecule has 2 bridgehead atoms. The predicted molar refractivity (Wildman–Crippen MR) is 57.6 cm³/mol. The maximum atomic E-state index is 12.0. The second-order valence-electron chi connectivity index (χ2n) is 4.48. The number of hydrogen-bond acceptors (Lipinski definition) is 4. The lowest BCUT2D eigenvalue weighted by Crippen LogP contribution is -2.60. The van der Waals surface area contributed by atoms with Gasteiger partial charge in [-0.15, -0.1) is 0 Å². The number of hydrogen-bond donors (Lipinski definition) is 1. The summed E-state index contributed by atoms with van der Waals surface area (Å²) in [6.07, 6.45) is 1.99. The Kier molecular flexibility index (Phi) is 2.98. The molecule has 86 valence electrons. The first kappa shape index (κ1) is 10.9. The Bertz CT molecular complexity index is 257.